The first kappa shape index (κ1) is 20.2. The molecule has 0 bridgehead atoms. The Morgan fingerprint density at radius 2 is 1.83 bits per heavy atom. The van der Waals surface area contributed by atoms with Crippen molar-refractivity contribution in [2.45, 2.75) is 25.8 Å². The first-order valence-electron chi connectivity index (χ1n) is 7.72. The van der Waals surface area contributed by atoms with Crippen molar-refractivity contribution in [2.24, 2.45) is 16.9 Å². The van der Waals surface area contributed by atoms with Crippen molar-refractivity contribution in [3.05, 3.63) is 29.8 Å². The Bertz CT molecular complexity index is 559. The van der Waals surface area contributed by atoms with E-state index in [1.807, 2.05) is 19.1 Å². The van der Waals surface area contributed by atoms with E-state index in [-0.39, 0.29) is 24.4 Å². The van der Waals surface area contributed by atoms with Gasteiger partial charge in [-0.3, -0.25) is 4.79 Å². The molecule has 1 aliphatic rings. The Balaban J connectivity index is 0.00000288. The number of benzene rings is 1. The quantitative estimate of drug-likeness (QED) is 0.639. The van der Waals surface area contributed by atoms with Crippen molar-refractivity contribution in [1.29, 1.82) is 0 Å². The molecule has 3 amide bonds. The van der Waals surface area contributed by atoms with Crippen LogP contribution >= 0.6 is 12.4 Å². The SMILES string of the molecule is CC(NC(=O)C1(CN)CCOCC1)c1ccc(NC(N)=O)cc1.Cl. The van der Waals surface area contributed by atoms with Crippen molar-refractivity contribution in [3.63, 3.8) is 0 Å². The molecule has 8 heteroatoms. The zero-order valence-electron chi connectivity index (χ0n) is 13.7. The van der Waals surface area contributed by atoms with Gasteiger partial charge in [-0.25, -0.2) is 4.79 Å². The van der Waals surface area contributed by atoms with E-state index in [0.717, 1.165) is 5.56 Å². The number of urea groups is 1. The largest absolute Gasteiger partial charge is 0.381 e. The van der Waals surface area contributed by atoms with Crippen molar-refractivity contribution >= 4 is 30.0 Å². The topological polar surface area (TPSA) is 119 Å². The van der Waals surface area contributed by atoms with Crippen molar-refractivity contribution < 1.29 is 14.3 Å². The molecule has 0 radical (unpaired) electrons. The molecule has 1 heterocycles. The van der Waals surface area contributed by atoms with Crippen LogP contribution in [0.4, 0.5) is 10.5 Å². The predicted molar refractivity (Wildman–Crippen MR) is 95.0 cm³/mol. The van der Waals surface area contributed by atoms with Gasteiger partial charge in [-0.1, -0.05) is 12.1 Å². The molecule has 1 unspecified atom stereocenters. The van der Waals surface area contributed by atoms with Crippen molar-refractivity contribution in [3.8, 4) is 0 Å². The number of nitrogens with two attached hydrogens (primary N) is 2. The molecule has 24 heavy (non-hydrogen) atoms. The number of rotatable bonds is 5. The molecule has 1 aromatic carbocycles. The second-order valence-corrected chi connectivity index (χ2v) is 5.90. The second-order valence-electron chi connectivity index (χ2n) is 5.90. The number of carbonyl (C=O) groups excluding carboxylic acids is 2. The van der Waals surface area contributed by atoms with E-state index < -0.39 is 11.4 Å². The summed E-state index contributed by atoms with van der Waals surface area (Å²) in [6, 6.07) is 6.41. The molecule has 6 N–H and O–H groups in total. The van der Waals surface area contributed by atoms with E-state index in [0.29, 0.717) is 38.3 Å². The predicted octanol–water partition coefficient (Wildman–Crippen LogP) is 1.53. The maximum atomic E-state index is 12.6. The van der Waals surface area contributed by atoms with Crippen LogP contribution in [-0.2, 0) is 9.53 Å². The Labute approximate surface area is 147 Å². The molecule has 134 valence electrons. The summed E-state index contributed by atoms with van der Waals surface area (Å²) in [5.74, 6) is -0.0323. The van der Waals surface area contributed by atoms with Gasteiger partial charge in [0.05, 0.1) is 11.5 Å². The molecule has 0 aromatic heterocycles. The van der Waals surface area contributed by atoms with E-state index in [1.165, 1.54) is 0 Å². The van der Waals surface area contributed by atoms with Gasteiger partial charge < -0.3 is 26.8 Å². The lowest BCUT2D eigenvalue weighted by Gasteiger charge is -2.35. The summed E-state index contributed by atoms with van der Waals surface area (Å²) >= 11 is 0. The first-order valence-corrected chi connectivity index (χ1v) is 7.72. The average Bonchev–Trinajstić information content (AvgIpc) is 2.55. The number of hydrogen-bond donors (Lipinski definition) is 4. The van der Waals surface area contributed by atoms with Gasteiger partial charge in [-0.05, 0) is 37.5 Å². The van der Waals surface area contributed by atoms with E-state index in [2.05, 4.69) is 10.6 Å². The standard InChI is InChI=1S/C16H24N4O3.ClH/c1-11(12-2-4-13(5-3-12)20-15(18)22)19-14(21)16(10-17)6-8-23-9-7-16;/h2-5,11H,6-10,17H2,1H3,(H,19,21)(H3,18,20,22);1H. The molecule has 0 spiro atoms. The number of nitrogens with one attached hydrogen (secondary N) is 2. The molecule has 0 saturated carbocycles. The van der Waals surface area contributed by atoms with Crippen LogP contribution in [0.1, 0.15) is 31.4 Å². The highest BCUT2D eigenvalue weighted by Gasteiger charge is 2.39. The first-order chi connectivity index (χ1) is 11.0. The van der Waals surface area contributed by atoms with Crippen LogP contribution in [0.5, 0.6) is 0 Å². The van der Waals surface area contributed by atoms with Gasteiger partial charge in [0.15, 0.2) is 0 Å². The molecule has 1 atom stereocenters. The lowest BCUT2D eigenvalue weighted by atomic mass is 9.79. The fraction of sp³-hybridized carbons (Fsp3) is 0.500. The minimum absolute atomic E-state index is 0. The fourth-order valence-corrected chi connectivity index (χ4v) is 2.72. The summed E-state index contributed by atoms with van der Waals surface area (Å²) < 4.78 is 5.33. The van der Waals surface area contributed by atoms with E-state index >= 15 is 0 Å². The molecule has 1 fully saturated rings. The summed E-state index contributed by atoms with van der Waals surface area (Å²) in [5.41, 5.74) is 11.9. The minimum Gasteiger partial charge on any atom is -0.381 e. The highest BCUT2D eigenvalue weighted by Crippen LogP contribution is 2.30. The van der Waals surface area contributed by atoms with Crippen LogP contribution in [0.2, 0.25) is 0 Å². The highest BCUT2D eigenvalue weighted by atomic mass is 35.5. The van der Waals surface area contributed by atoms with Crippen LogP contribution in [0.25, 0.3) is 0 Å². The number of anilines is 1. The normalized spacial score (nSPS) is 17.2. The number of halogens is 1. The molecule has 1 aromatic rings. The van der Waals surface area contributed by atoms with E-state index in [4.69, 9.17) is 16.2 Å². The number of primary amides is 1. The second kappa shape index (κ2) is 8.86. The number of carbonyl (C=O) groups is 2. The van der Waals surface area contributed by atoms with Gasteiger partial charge in [0.1, 0.15) is 0 Å². The molecular formula is C16H25ClN4O3. The van der Waals surface area contributed by atoms with Gasteiger partial charge in [0.25, 0.3) is 0 Å². The Morgan fingerprint density at radius 1 is 1.25 bits per heavy atom. The smallest absolute Gasteiger partial charge is 0.316 e. The lowest BCUT2D eigenvalue weighted by molar-refractivity contribution is -0.136. The van der Waals surface area contributed by atoms with Gasteiger partial charge in [-0.15, -0.1) is 12.4 Å². The summed E-state index contributed by atoms with van der Waals surface area (Å²) in [4.78, 5) is 23.4. The fourth-order valence-electron chi connectivity index (χ4n) is 2.72. The Hall–Kier alpha value is -1.83. The van der Waals surface area contributed by atoms with Crippen LogP contribution in [-0.4, -0.2) is 31.7 Å². The summed E-state index contributed by atoms with van der Waals surface area (Å²) in [7, 11) is 0. The Kier molecular flexibility index (Phi) is 7.47. The Morgan fingerprint density at radius 3 is 2.33 bits per heavy atom. The third-order valence-corrected chi connectivity index (χ3v) is 4.35. The number of hydrogen-bond acceptors (Lipinski definition) is 4. The summed E-state index contributed by atoms with van der Waals surface area (Å²) in [6.07, 6.45) is 1.28. The zero-order chi connectivity index (χ0) is 16.9. The number of ether oxygens (including phenoxy) is 1. The molecular weight excluding hydrogens is 332 g/mol. The van der Waals surface area contributed by atoms with Gasteiger partial charge in [0, 0.05) is 25.4 Å². The van der Waals surface area contributed by atoms with Gasteiger partial charge in [0.2, 0.25) is 5.91 Å². The zero-order valence-corrected chi connectivity index (χ0v) is 14.5. The van der Waals surface area contributed by atoms with Gasteiger partial charge >= 0.3 is 6.03 Å². The van der Waals surface area contributed by atoms with Crippen molar-refractivity contribution in [1.82, 2.24) is 5.32 Å². The molecule has 1 saturated heterocycles. The summed E-state index contributed by atoms with van der Waals surface area (Å²) in [6.45, 7) is 3.35. The maximum Gasteiger partial charge on any atom is 0.316 e. The van der Waals surface area contributed by atoms with E-state index in [9.17, 15) is 9.59 Å². The highest BCUT2D eigenvalue weighted by molar-refractivity contribution is 5.87. The molecule has 0 aliphatic carbocycles. The lowest BCUT2D eigenvalue weighted by Crippen LogP contribution is -2.49. The average molecular weight is 357 g/mol. The monoisotopic (exact) mass is 356 g/mol. The van der Waals surface area contributed by atoms with Gasteiger partial charge in [-0.2, -0.15) is 0 Å². The summed E-state index contributed by atoms with van der Waals surface area (Å²) in [5, 5.41) is 5.53. The van der Waals surface area contributed by atoms with E-state index in [1.54, 1.807) is 12.1 Å². The molecule has 1 aliphatic heterocycles. The third kappa shape index (κ3) is 4.83. The van der Waals surface area contributed by atoms with Crippen LogP contribution in [0.15, 0.2) is 24.3 Å². The van der Waals surface area contributed by atoms with Crippen LogP contribution < -0.4 is 22.1 Å². The minimum atomic E-state index is -0.608. The molecule has 7 nitrogen and oxygen atoms in total. The number of amides is 3. The van der Waals surface area contributed by atoms with Crippen molar-refractivity contribution in [2.75, 3.05) is 25.1 Å². The van der Waals surface area contributed by atoms with Crippen LogP contribution in [0.3, 0.4) is 0 Å². The third-order valence-electron chi connectivity index (χ3n) is 4.35. The van der Waals surface area contributed by atoms with Crippen LogP contribution in [0, 0.1) is 5.41 Å². The maximum absolute atomic E-state index is 12.6. The molecule has 2 rings (SSSR count).